The number of carbonyl (C=O) groups is 2. The molecule has 10 nitrogen and oxygen atoms in total. The van der Waals surface area contributed by atoms with E-state index in [1.54, 1.807) is 0 Å². The summed E-state index contributed by atoms with van der Waals surface area (Å²) < 4.78 is 24.7. The first-order chi connectivity index (χ1) is 29.6. The van der Waals surface area contributed by atoms with Crippen LogP contribution in [0.4, 0.5) is 16.2 Å². The number of ether oxygens (including phenoxy) is 4. The smallest absolute Gasteiger partial charge is 0.407 e. The summed E-state index contributed by atoms with van der Waals surface area (Å²) in [7, 11) is 2.15. The molecule has 1 unspecified atom stereocenters. The van der Waals surface area contributed by atoms with Crippen molar-refractivity contribution >= 4 is 29.1 Å². The molecule has 10 heteroatoms. The summed E-state index contributed by atoms with van der Waals surface area (Å²) in [6, 6.07) is 17.4. The molecule has 5 rings (SSSR count). The number of anilines is 1. The zero-order valence-electron chi connectivity index (χ0n) is 37.7. The van der Waals surface area contributed by atoms with Gasteiger partial charge in [0.15, 0.2) is 5.71 Å². The molecule has 1 atom stereocenters. The predicted molar refractivity (Wildman–Crippen MR) is 247 cm³/mol. The minimum atomic E-state index is -0.338. The lowest BCUT2D eigenvalue weighted by Crippen LogP contribution is -2.30. The Bertz CT molecular complexity index is 1860. The van der Waals surface area contributed by atoms with E-state index in [0.29, 0.717) is 59.2 Å². The molecule has 0 spiro atoms. The Morgan fingerprint density at radius 3 is 2.16 bits per heavy atom. The van der Waals surface area contributed by atoms with Gasteiger partial charge >= 0.3 is 6.09 Å². The second-order valence-corrected chi connectivity index (χ2v) is 17.3. The number of alkyl carbamates (subject to hydrolysis) is 1. The number of amides is 2. The first kappa shape index (κ1) is 47.5. The minimum Gasteiger partial charge on any atom is -0.446 e. The van der Waals surface area contributed by atoms with Gasteiger partial charge in [-0.1, -0.05) is 87.0 Å². The minimum absolute atomic E-state index is 0.00586. The number of carbonyl (C=O) groups excluding carboxylic acids is 2. The van der Waals surface area contributed by atoms with Gasteiger partial charge in [-0.05, 0) is 89.3 Å². The van der Waals surface area contributed by atoms with Gasteiger partial charge in [-0.25, -0.2) is 4.79 Å². The van der Waals surface area contributed by atoms with E-state index < -0.39 is 0 Å². The number of hydrogen-bond acceptors (Lipinski definition) is 7. The molecule has 0 fully saturated rings. The molecule has 0 aromatic heterocycles. The maximum Gasteiger partial charge on any atom is 0.407 e. The number of allylic oxidation sites excluding steroid dienone is 8. The van der Waals surface area contributed by atoms with Gasteiger partial charge < -0.3 is 34.5 Å². The normalized spacial score (nSPS) is 19.3. The van der Waals surface area contributed by atoms with Crippen molar-refractivity contribution in [2.75, 3.05) is 71.2 Å². The zero-order valence-corrected chi connectivity index (χ0v) is 37.7. The van der Waals surface area contributed by atoms with Crippen molar-refractivity contribution in [2.45, 2.75) is 115 Å². The quantitative estimate of drug-likeness (QED) is 0.0470. The highest BCUT2D eigenvalue weighted by Crippen LogP contribution is 2.47. The van der Waals surface area contributed by atoms with Crippen LogP contribution in [0.25, 0.3) is 0 Å². The Hall–Kier alpha value is -4.51. The Morgan fingerprint density at radius 2 is 1.41 bits per heavy atom. The van der Waals surface area contributed by atoms with E-state index in [9.17, 15) is 9.59 Å². The van der Waals surface area contributed by atoms with Gasteiger partial charge in [0.2, 0.25) is 11.6 Å². The molecule has 3 aliphatic rings. The summed E-state index contributed by atoms with van der Waals surface area (Å²) in [5, 5.41) is 5.86. The van der Waals surface area contributed by atoms with Crippen LogP contribution in [0.1, 0.15) is 109 Å². The molecule has 2 amide bonds. The first-order valence-electron chi connectivity index (χ1n) is 22.8. The van der Waals surface area contributed by atoms with Gasteiger partial charge in [0.1, 0.15) is 13.2 Å². The van der Waals surface area contributed by atoms with Crippen molar-refractivity contribution in [1.82, 2.24) is 10.6 Å². The standard InChI is InChI=1S/C51H72N4O6/c1-50(2)42-25-16-18-27-44(42)54(5)46(50)29-13-9-14-30-47-51(3,4)43-26-17-19-28-45(43)55(47)34-20-10-15-31-48(56)52-32-21-35-58-37-39-60-40-38-59-36-22-33-53-49(57)61-41-23-11-7-6-8-12-24-41/h6-7,9,13-14,16-19,25-30,41H,8,10-12,15,20-24,31-40H2,1-5H3,(H-,52,53,56,57)/p+1/b7-6+. The van der Waals surface area contributed by atoms with Crippen LogP contribution in [0.2, 0.25) is 0 Å². The second-order valence-electron chi connectivity index (χ2n) is 17.3. The lowest BCUT2D eigenvalue weighted by molar-refractivity contribution is -0.401. The van der Waals surface area contributed by atoms with Crippen LogP contribution in [0.3, 0.4) is 0 Å². The number of fused-ring (bicyclic) bond motifs is 2. The third kappa shape index (κ3) is 14.3. The molecular weight excluding hydrogens is 765 g/mol. The van der Waals surface area contributed by atoms with Gasteiger partial charge in [-0.2, -0.15) is 4.58 Å². The molecule has 2 aromatic carbocycles. The van der Waals surface area contributed by atoms with E-state index >= 15 is 0 Å². The van der Waals surface area contributed by atoms with Crippen molar-refractivity contribution in [3.63, 3.8) is 0 Å². The predicted octanol–water partition coefficient (Wildman–Crippen LogP) is 9.61. The molecule has 0 saturated heterocycles. The Morgan fingerprint density at radius 1 is 0.738 bits per heavy atom. The molecule has 2 heterocycles. The number of unbranched alkanes of at least 4 members (excludes halogenated alkanes) is 2. The van der Waals surface area contributed by atoms with E-state index in [1.807, 2.05) is 0 Å². The van der Waals surface area contributed by atoms with E-state index in [2.05, 4.69) is 146 Å². The second kappa shape index (κ2) is 24.8. The molecule has 2 aliphatic heterocycles. The number of para-hydroxylation sites is 2. The van der Waals surface area contributed by atoms with Gasteiger partial charge in [0.05, 0.1) is 31.8 Å². The fourth-order valence-corrected chi connectivity index (χ4v) is 8.61. The lowest BCUT2D eigenvalue weighted by atomic mass is 9.81. The van der Waals surface area contributed by atoms with Gasteiger partial charge in [0.25, 0.3) is 0 Å². The number of hydrogen-bond donors (Lipinski definition) is 2. The lowest BCUT2D eigenvalue weighted by Gasteiger charge is -2.27. The molecule has 332 valence electrons. The van der Waals surface area contributed by atoms with Gasteiger partial charge in [-0.3, -0.25) is 4.79 Å². The van der Waals surface area contributed by atoms with Crippen LogP contribution in [-0.2, 0) is 34.6 Å². The van der Waals surface area contributed by atoms with E-state index in [0.717, 1.165) is 70.8 Å². The molecule has 0 saturated carbocycles. The summed E-state index contributed by atoms with van der Waals surface area (Å²) >= 11 is 0. The number of nitrogens with one attached hydrogen (secondary N) is 2. The molecule has 61 heavy (non-hydrogen) atoms. The van der Waals surface area contributed by atoms with Gasteiger partial charge in [0, 0.05) is 73.8 Å². The van der Waals surface area contributed by atoms with Crippen LogP contribution in [0.15, 0.2) is 96.8 Å². The van der Waals surface area contributed by atoms with E-state index in [-0.39, 0.29) is 28.9 Å². The maximum atomic E-state index is 12.5. The van der Waals surface area contributed by atoms with Crippen LogP contribution >= 0.6 is 0 Å². The zero-order chi connectivity index (χ0) is 43.3. The SMILES string of the molecule is C[N+]1=C(C=CC=CC=C2N(CCCCCC(=O)NCCCOCCOCCOCCCNC(=O)OC3CC/C=C/CCC3)c3ccccc3C2(C)C)C(C)(C)c2ccccc21. The third-order valence-electron chi connectivity index (χ3n) is 12.0. The van der Waals surface area contributed by atoms with E-state index in [4.69, 9.17) is 18.9 Å². The monoisotopic (exact) mass is 838 g/mol. The van der Waals surface area contributed by atoms with E-state index in [1.165, 1.54) is 33.9 Å². The van der Waals surface area contributed by atoms with Crippen molar-refractivity contribution in [3.8, 4) is 0 Å². The molecular formula is C51H73N4O6+. The van der Waals surface area contributed by atoms with Crippen LogP contribution in [0.5, 0.6) is 0 Å². The fourth-order valence-electron chi connectivity index (χ4n) is 8.61. The molecule has 0 radical (unpaired) electrons. The van der Waals surface area contributed by atoms with Crippen molar-refractivity contribution in [3.05, 3.63) is 108 Å². The van der Waals surface area contributed by atoms with Crippen LogP contribution in [-0.4, -0.2) is 94.7 Å². The van der Waals surface area contributed by atoms with Crippen molar-refractivity contribution in [2.24, 2.45) is 0 Å². The summed E-state index contributed by atoms with van der Waals surface area (Å²) in [6.45, 7) is 14.4. The van der Waals surface area contributed by atoms with Crippen LogP contribution in [0, 0.1) is 0 Å². The number of nitrogens with zero attached hydrogens (tertiary/aromatic N) is 2. The van der Waals surface area contributed by atoms with Gasteiger partial charge in [-0.15, -0.1) is 0 Å². The number of rotatable bonds is 24. The van der Waals surface area contributed by atoms with Crippen molar-refractivity contribution in [1.29, 1.82) is 0 Å². The summed E-state index contributed by atoms with van der Waals surface area (Å²) in [5.74, 6) is 0.0997. The summed E-state index contributed by atoms with van der Waals surface area (Å²) in [6.07, 6.45) is 24.8. The Kier molecular flexibility index (Phi) is 19.3. The Balaban J connectivity index is 0.882. The highest BCUT2D eigenvalue weighted by Gasteiger charge is 2.42. The highest BCUT2D eigenvalue weighted by atomic mass is 16.6. The Labute approximate surface area is 366 Å². The highest BCUT2D eigenvalue weighted by molar-refractivity contribution is 6.03. The third-order valence-corrected chi connectivity index (χ3v) is 12.0. The van der Waals surface area contributed by atoms with Crippen LogP contribution < -0.4 is 15.5 Å². The summed E-state index contributed by atoms with van der Waals surface area (Å²) in [5.41, 5.74) is 7.70. The average molecular weight is 838 g/mol. The molecule has 2 aromatic rings. The number of benzene rings is 2. The summed E-state index contributed by atoms with van der Waals surface area (Å²) in [4.78, 5) is 27.0. The molecule has 2 N–H and O–H groups in total. The molecule has 1 aliphatic carbocycles. The largest absolute Gasteiger partial charge is 0.446 e. The fraction of sp³-hybridized carbons (Fsp3) is 0.549. The first-order valence-corrected chi connectivity index (χ1v) is 22.8. The average Bonchev–Trinajstić information content (AvgIpc) is 3.57. The topological polar surface area (TPSA) is 101 Å². The van der Waals surface area contributed by atoms with Crippen molar-refractivity contribution < 1.29 is 33.1 Å². The maximum absolute atomic E-state index is 12.5. The molecule has 0 bridgehead atoms.